The van der Waals surface area contributed by atoms with Gasteiger partial charge in [-0.1, -0.05) is 48.5 Å². The second-order valence-corrected chi connectivity index (χ2v) is 15.8. The molecule has 0 radical (unpaired) electrons. The van der Waals surface area contributed by atoms with Crippen LogP contribution in [-0.4, -0.2) is 62.3 Å². The number of benzene rings is 4. The number of hydrogen-bond donors (Lipinski definition) is 0. The summed E-state index contributed by atoms with van der Waals surface area (Å²) < 4.78 is 106. The molecular formula is C37H34N2O9S3-2. The van der Waals surface area contributed by atoms with Crippen LogP contribution in [0.2, 0.25) is 0 Å². The topological polar surface area (TPSA) is 178 Å². The molecular weight excluding hydrogens is 713 g/mol. The Hall–Kier alpha value is -4.70. The van der Waals surface area contributed by atoms with Crippen molar-refractivity contribution in [3.05, 3.63) is 149 Å². The van der Waals surface area contributed by atoms with Gasteiger partial charge in [-0.05, 0) is 102 Å². The number of allylic oxidation sites excluding steroid dienone is 5. The van der Waals surface area contributed by atoms with Gasteiger partial charge < -0.3 is 18.6 Å². The molecule has 0 bridgehead atoms. The molecule has 0 aromatic heterocycles. The maximum absolute atomic E-state index is 11.6. The van der Waals surface area contributed by atoms with Crippen molar-refractivity contribution in [2.24, 2.45) is 0 Å². The molecule has 5 rings (SSSR count). The number of hydrogen-bond acceptors (Lipinski definition) is 10. The Kier molecular flexibility index (Phi) is 11.2. The zero-order chi connectivity index (χ0) is 37.0. The van der Waals surface area contributed by atoms with Gasteiger partial charge in [0.1, 0.15) is 36.9 Å². The molecule has 14 heteroatoms. The van der Waals surface area contributed by atoms with Crippen molar-refractivity contribution in [2.45, 2.75) is 41.6 Å². The lowest BCUT2D eigenvalue weighted by Gasteiger charge is -2.24. The predicted molar refractivity (Wildman–Crippen MR) is 190 cm³/mol. The molecule has 0 unspecified atom stereocenters. The summed E-state index contributed by atoms with van der Waals surface area (Å²) in [6.07, 6.45) is 7.64. The molecule has 11 nitrogen and oxygen atoms in total. The van der Waals surface area contributed by atoms with Crippen molar-refractivity contribution in [1.82, 2.24) is 0 Å². The first-order chi connectivity index (χ1) is 24.1. The largest absolute Gasteiger partial charge is 0.744 e. The molecule has 0 spiro atoms. The molecule has 0 heterocycles. The summed E-state index contributed by atoms with van der Waals surface area (Å²) in [5.74, 6) is 0. The van der Waals surface area contributed by atoms with Crippen LogP contribution in [0.5, 0.6) is 0 Å². The summed E-state index contributed by atoms with van der Waals surface area (Å²) in [5.41, 5.74) is 6.00. The van der Waals surface area contributed by atoms with Gasteiger partial charge in [-0.25, -0.2) is 29.8 Å². The van der Waals surface area contributed by atoms with Crippen molar-refractivity contribution in [2.75, 3.05) is 18.0 Å². The lowest BCUT2D eigenvalue weighted by Crippen LogP contribution is -2.22. The summed E-state index contributed by atoms with van der Waals surface area (Å²) in [6, 6.07) is 25.2. The molecule has 0 saturated carbocycles. The van der Waals surface area contributed by atoms with Gasteiger partial charge in [0.25, 0.3) is 0 Å². The smallest absolute Gasteiger partial charge is 0.200 e. The van der Waals surface area contributed by atoms with E-state index in [1.807, 2.05) is 71.9 Å². The minimum Gasteiger partial charge on any atom is -0.744 e. The fourth-order valence-electron chi connectivity index (χ4n) is 5.78. The van der Waals surface area contributed by atoms with E-state index in [0.717, 1.165) is 28.1 Å². The second-order valence-electron chi connectivity index (χ2n) is 11.7. The lowest BCUT2D eigenvalue weighted by atomic mass is 9.90. The molecule has 0 amide bonds. The Balaban J connectivity index is 1.51. The average Bonchev–Trinajstić information content (AvgIpc) is 3.10. The first kappa shape index (κ1) is 37.6. The van der Waals surface area contributed by atoms with E-state index in [-0.39, 0.29) is 14.7 Å². The number of rotatable bonds is 12. The highest BCUT2D eigenvalue weighted by atomic mass is 32.2. The fourth-order valence-corrected chi connectivity index (χ4v) is 7.33. The van der Waals surface area contributed by atoms with Crippen molar-refractivity contribution < 1.29 is 43.5 Å². The van der Waals surface area contributed by atoms with E-state index in [9.17, 15) is 38.9 Å². The molecule has 4 aromatic carbocycles. The quantitative estimate of drug-likeness (QED) is 0.141. The monoisotopic (exact) mass is 746 g/mol. The molecule has 0 atom stereocenters. The minimum atomic E-state index is -4.66. The van der Waals surface area contributed by atoms with E-state index < -0.39 is 30.4 Å². The highest BCUT2D eigenvalue weighted by Gasteiger charge is 2.17. The van der Waals surface area contributed by atoms with Crippen LogP contribution in [-0.2, 0) is 43.4 Å². The maximum atomic E-state index is 11.6. The minimum absolute atomic E-state index is 0.293. The van der Waals surface area contributed by atoms with Crippen LogP contribution in [0.1, 0.15) is 36.1 Å². The van der Waals surface area contributed by atoms with Gasteiger partial charge in [-0.3, -0.25) is 0 Å². The third-order valence-electron chi connectivity index (χ3n) is 8.36. The van der Waals surface area contributed by atoms with Gasteiger partial charge in [-0.15, -0.1) is 0 Å². The van der Waals surface area contributed by atoms with Gasteiger partial charge in [0.2, 0.25) is 0 Å². The Morgan fingerprint density at radius 1 is 0.608 bits per heavy atom. The summed E-state index contributed by atoms with van der Waals surface area (Å²) in [7, 11) is -13.8. The SMILES string of the molecule is CCN(Cc1cccc(S(=O)(=O)[O-])c1)c1ccc(C(=C2C=CC(=[N+](CC)Cc3cccc(S(=O)(=O)[O-])c3)C=C2)c2ccc(S(=O)(=O)[O-])cc2)cc1. The average molecular weight is 747 g/mol. The molecule has 51 heavy (non-hydrogen) atoms. The van der Waals surface area contributed by atoms with Crippen LogP contribution >= 0.6 is 0 Å². The Bertz CT molecular complexity index is 2380. The van der Waals surface area contributed by atoms with Crippen LogP contribution in [0.15, 0.2) is 142 Å². The Morgan fingerprint density at radius 3 is 1.59 bits per heavy atom. The predicted octanol–water partition coefficient (Wildman–Crippen LogP) is 5.03. The van der Waals surface area contributed by atoms with E-state index in [2.05, 4.69) is 0 Å². The van der Waals surface area contributed by atoms with Crippen molar-refractivity contribution in [3.8, 4) is 0 Å². The highest BCUT2D eigenvalue weighted by molar-refractivity contribution is 7.86. The van der Waals surface area contributed by atoms with Gasteiger partial charge >= 0.3 is 0 Å². The Morgan fingerprint density at radius 2 is 1.10 bits per heavy atom. The highest BCUT2D eigenvalue weighted by Crippen LogP contribution is 2.32. The molecule has 266 valence electrons. The first-order valence-electron chi connectivity index (χ1n) is 15.8. The molecule has 1 aliphatic carbocycles. The summed E-state index contributed by atoms with van der Waals surface area (Å²) in [5, 5.41) is 0. The lowest BCUT2D eigenvalue weighted by molar-refractivity contribution is -0.539. The molecule has 0 fully saturated rings. The van der Waals surface area contributed by atoms with Gasteiger partial charge in [0.15, 0.2) is 12.3 Å². The normalized spacial score (nSPS) is 13.4. The summed E-state index contributed by atoms with van der Waals surface area (Å²) >= 11 is 0. The van der Waals surface area contributed by atoms with Crippen LogP contribution in [0, 0.1) is 0 Å². The third-order valence-corrected chi connectivity index (χ3v) is 10.9. The van der Waals surface area contributed by atoms with Crippen molar-refractivity contribution >= 4 is 47.3 Å². The summed E-state index contributed by atoms with van der Waals surface area (Å²) in [4.78, 5) is 1.08. The van der Waals surface area contributed by atoms with Gasteiger partial charge in [0.05, 0.1) is 14.7 Å². The van der Waals surface area contributed by atoms with Crippen LogP contribution in [0.3, 0.4) is 0 Å². The van der Waals surface area contributed by atoms with Crippen LogP contribution in [0.4, 0.5) is 5.69 Å². The zero-order valence-corrected chi connectivity index (χ0v) is 30.1. The molecule has 1 aliphatic rings. The standard InChI is InChI=1S/C37H36N2O9S3/c1-3-38(25-27-7-5-9-35(23-27)50(43,44)45)32-17-11-29(12-18-32)37(31-15-21-34(22-16-31)49(40,41)42)30-13-19-33(20-14-30)39(4-2)26-28-8-6-10-36(24-28)51(46,47)48/h5-24H,3-4,25-26H2,1-2H3,(H2-,40,41,42,43,44,45,46,47,48)/p-2. The van der Waals surface area contributed by atoms with E-state index in [1.165, 1.54) is 48.5 Å². The maximum Gasteiger partial charge on any atom is 0.200 e. The fraction of sp³-hybridized carbons (Fsp3) is 0.162. The Labute approximate surface area is 298 Å². The molecule has 0 N–H and O–H groups in total. The van der Waals surface area contributed by atoms with Crippen LogP contribution < -0.4 is 4.90 Å². The molecule has 0 aliphatic heterocycles. The third kappa shape index (κ3) is 9.35. The molecule has 0 saturated heterocycles. The molecule has 4 aromatic rings. The number of nitrogens with zero attached hydrogens (tertiary/aromatic N) is 2. The second kappa shape index (κ2) is 15.3. The van der Waals surface area contributed by atoms with E-state index in [1.54, 1.807) is 24.3 Å². The summed E-state index contributed by atoms with van der Waals surface area (Å²) in [6.45, 7) is 5.79. The van der Waals surface area contributed by atoms with Crippen molar-refractivity contribution in [3.63, 3.8) is 0 Å². The van der Waals surface area contributed by atoms with E-state index in [4.69, 9.17) is 0 Å². The van der Waals surface area contributed by atoms with E-state index in [0.29, 0.717) is 42.9 Å². The van der Waals surface area contributed by atoms with Gasteiger partial charge in [-0.2, -0.15) is 0 Å². The van der Waals surface area contributed by atoms with Crippen LogP contribution in [0.25, 0.3) is 5.57 Å². The zero-order valence-electron chi connectivity index (χ0n) is 27.7. The van der Waals surface area contributed by atoms with Gasteiger partial charge in [0, 0.05) is 36.5 Å². The van der Waals surface area contributed by atoms with Crippen molar-refractivity contribution in [1.29, 1.82) is 0 Å². The first-order valence-corrected chi connectivity index (χ1v) is 20.0. The van der Waals surface area contributed by atoms with E-state index >= 15 is 0 Å². The number of anilines is 1.